The smallest absolute Gasteiger partial charge is 0.303 e. The molecule has 43 heavy (non-hydrogen) atoms. The molecule has 0 aromatic heterocycles. The largest absolute Gasteiger partial charge is 0.459 e. The molecule has 3 aliphatic heterocycles. The molecule has 9 atom stereocenters. The van der Waals surface area contributed by atoms with E-state index in [2.05, 4.69) is 23.6 Å². The zero-order chi connectivity index (χ0) is 31.1. The number of hydrogen-bond acceptors (Lipinski definition) is 8. The Morgan fingerprint density at radius 2 is 1.81 bits per heavy atom. The predicted octanol–water partition coefficient (Wildman–Crippen LogP) is 3.42. The summed E-state index contributed by atoms with van der Waals surface area (Å²) in [6.45, 7) is 9.61. The fraction of sp³-hybridized carbons (Fsp3) is 0.727. The van der Waals surface area contributed by atoms with Gasteiger partial charge < -0.3 is 34.7 Å². The van der Waals surface area contributed by atoms with Gasteiger partial charge in [0.2, 0.25) is 11.8 Å². The predicted molar refractivity (Wildman–Crippen MR) is 161 cm³/mol. The summed E-state index contributed by atoms with van der Waals surface area (Å²) in [4.78, 5) is 36.1. The van der Waals surface area contributed by atoms with Crippen LogP contribution in [0.5, 0.6) is 0 Å². The van der Waals surface area contributed by atoms with E-state index in [0.29, 0.717) is 19.4 Å². The summed E-state index contributed by atoms with van der Waals surface area (Å²) in [6, 6.07) is 0.151. The van der Waals surface area contributed by atoms with Gasteiger partial charge in [-0.15, -0.1) is 0 Å². The fourth-order valence-corrected chi connectivity index (χ4v) is 6.45. The van der Waals surface area contributed by atoms with Crippen molar-refractivity contribution in [2.45, 2.75) is 140 Å². The zero-order valence-corrected chi connectivity index (χ0v) is 26.3. The minimum absolute atomic E-state index is 0.00543. The van der Waals surface area contributed by atoms with Gasteiger partial charge in [0.05, 0.1) is 37.4 Å². The van der Waals surface area contributed by atoms with Gasteiger partial charge in [-0.05, 0) is 58.4 Å². The summed E-state index contributed by atoms with van der Waals surface area (Å²) in [5, 5.41) is 17.1. The molecule has 4 rings (SSSR count). The van der Waals surface area contributed by atoms with Crippen LogP contribution in [0.1, 0.15) is 86.0 Å². The van der Waals surface area contributed by atoms with Crippen molar-refractivity contribution in [3.8, 4) is 0 Å². The Labute approximate surface area is 255 Å². The molecule has 2 amide bonds. The summed E-state index contributed by atoms with van der Waals surface area (Å²) in [5.41, 5.74) is 0.404. The van der Waals surface area contributed by atoms with Gasteiger partial charge >= 0.3 is 5.97 Å². The van der Waals surface area contributed by atoms with Crippen LogP contribution < -0.4 is 10.6 Å². The molecular weight excluding hydrogens is 552 g/mol. The van der Waals surface area contributed by atoms with E-state index in [1.807, 2.05) is 26.0 Å². The SMILES string of the molecule is CC(=O)O[C@@H](C)/C=C\C(=O)N[C@@H]1C[C@H](C)[C@H](C/C=C(C)/C=C/[C@H]2O[C@H](CC(=O)NC3CCCC3)CC3(CO3)[C@@H]2O)O[C@@H]1C. The lowest BCUT2D eigenvalue weighted by Crippen LogP contribution is -2.51. The highest BCUT2D eigenvalue weighted by molar-refractivity contribution is 5.87. The number of amides is 2. The highest BCUT2D eigenvalue weighted by atomic mass is 16.6. The minimum atomic E-state index is -0.778. The van der Waals surface area contributed by atoms with Crippen molar-refractivity contribution in [1.29, 1.82) is 0 Å². The van der Waals surface area contributed by atoms with E-state index in [1.165, 1.54) is 13.0 Å². The van der Waals surface area contributed by atoms with Crippen molar-refractivity contribution in [2.24, 2.45) is 5.92 Å². The van der Waals surface area contributed by atoms with Crippen LogP contribution in [-0.2, 0) is 33.3 Å². The standard InChI is InChI=1S/C33H50N2O8/c1-20(10-13-28-21(2)16-27(23(4)42-28)35-30(37)15-12-22(3)41-24(5)36)11-14-29-32(39)33(19-40-33)18-26(43-29)17-31(38)34-25-8-6-7-9-25/h10-12,14-15,21-23,25-29,32,39H,6-9,13,16-19H2,1-5H3,(H,34,38)(H,35,37)/b14-11+,15-12-,20-10+/t21-,22-,23+,26+,27+,28-,29+,32+,33?/m0/s1. The number of hydrogen-bond donors (Lipinski definition) is 3. The lowest BCUT2D eigenvalue weighted by atomic mass is 9.87. The molecule has 0 bridgehead atoms. The number of nitrogens with one attached hydrogen (secondary N) is 2. The lowest BCUT2D eigenvalue weighted by Gasteiger charge is -2.39. The molecule has 4 fully saturated rings. The zero-order valence-electron chi connectivity index (χ0n) is 26.3. The normalized spacial score (nSPS) is 35.8. The third-order valence-electron chi connectivity index (χ3n) is 9.06. The van der Waals surface area contributed by atoms with E-state index in [0.717, 1.165) is 37.7 Å². The van der Waals surface area contributed by atoms with Gasteiger partial charge in [0.25, 0.3) is 0 Å². The number of carbonyl (C=O) groups excluding carboxylic acids is 3. The Balaban J connectivity index is 1.25. The van der Waals surface area contributed by atoms with Crippen molar-refractivity contribution < 1.29 is 38.4 Å². The van der Waals surface area contributed by atoms with Crippen LogP contribution in [0.15, 0.2) is 36.0 Å². The summed E-state index contributed by atoms with van der Waals surface area (Å²) in [7, 11) is 0. The van der Waals surface area contributed by atoms with Crippen LogP contribution >= 0.6 is 0 Å². The molecule has 3 heterocycles. The Morgan fingerprint density at radius 3 is 2.49 bits per heavy atom. The first-order chi connectivity index (χ1) is 20.4. The highest BCUT2D eigenvalue weighted by Crippen LogP contribution is 2.43. The van der Waals surface area contributed by atoms with Crippen molar-refractivity contribution in [3.63, 3.8) is 0 Å². The maximum atomic E-state index is 12.6. The molecule has 0 aromatic carbocycles. The molecule has 0 radical (unpaired) electrons. The van der Waals surface area contributed by atoms with Crippen LogP contribution in [0.25, 0.3) is 0 Å². The summed E-state index contributed by atoms with van der Waals surface area (Å²) >= 11 is 0. The van der Waals surface area contributed by atoms with Gasteiger partial charge in [0, 0.05) is 25.5 Å². The number of ether oxygens (including phenoxy) is 4. The maximum Gasteiger partial charge on any atom is 0.303 e. The summed E-state index contributed by atoms with van der Waals surface area (Å²) in [5.74, 6) is -0.402. The second kappa shape index (κ2) is 15.0. The third-order valence-corrected chi connectivity index (χ3v) is 9.06. The number of allylic oxidation sites excluding steroid dienone is 2. The Hall–Kier alpha value is -2.53. The first kappa shape index (κ1) is 33.4. The topological polar surface area (TPSA) is 136 Å². The van der Waals surface area contributed by atoms with E-state index >= 15 is 0 Å². The molecule has 10 nitrogen and oxygen atoms in total. The van der Waals surface area contributed by atoms with Crippen LogP contribution in [0.2, 0.25) is 0 Å². The quantitative estimate of drug-likeness (QED) is 0.142. The minimum Gasteiger partial charge on any atom is -0.459 e. The molecule has 10 heteroatoms. The molecular formula is C33H50N2O8. The van der Waals surface area contributed by atoms with Gasteiger partial charge in [-0.1, -0.05) is 43.6 Å². The number of epoxide rings is 1. The Kier molecular flexibility index (Phi) is 11.6. The van der Waals surface area contributed by atoms with E-state index in [1.54, 1.807) is 13.0 Å². The van der Waals surface area contributed by atoms with Gasteiger partial charge in [0.1, 0.15) is 23.9 Å². The molecule has 240 valence electrons. The number of aliphatic hydroxyl groups is 1. The number of rotatable bonds is 11. The van der Waals surface area contributed by atoms with E-state index in [4.69, 9.17) is 18.9 Å². The highest BCUT2D eigenvalue weighted by Gasteiger charge is 2.58. The van der Waals surface area contributed by atoms with E-state index < -0.39 is 29.9 Å². The molecule has 4 aliphatic rings. The third kappa shape index (κ3) is 9.73. The van der Waals surface area contributed by atoms with Crippen molar-refractivity contribution in [2.75, 3.05) is 6.61 Å². The number of aliphatic hydroxyl groups excluding tert-OH is 1. The first-order valence-corrected chi connectivity index (χ1v) is 15.9. The lowest BCUT2D eigenvalue weighted by molar-refractivity contribution is -0.145. The van der Waals surface area contributed by atoms with Gasteiger partial charge in [-0.2, -0.15) is 0 Å². The molecule has 0 aromatic rings. The molecule has 1 saturated carbocycles. The average molecular weight is 603 g/mol. The monoisotopic (exact) mass is 602 g/mol. The first-order valence-electron chi connectivity index (χ1n) is 15.9. The molecule has 1 unspecified atom stereocenters. The summed E-state index contributed by atoms with van der Waals surface area (Å²) in [6.07, 6.45) is 13.3. The van der Waals surface area contributed by atoms with Gasteiger partial charge in [-0.3, -0.25) is 14.4 Å². The van der Waals surface area contributed by atoms with Crippen molar-refractivity contribution in [3.05, 3.63) is 36.0 Å². The number of esters is 1. The van der Waals surface area contributed by atoms with Gasteiger partial charge in [-0.25, -0.2) is 0 Å². The fourth-order valence-electron chi connectivity index (χ4n) is 6.45. The van der Waals surface area contributed by atoms with Crippen molar-refractivity contribution >= 4 is 17.8 Å². The second-order valence-electron chi connectivity index (χ2n) is 12.9. The van der Waals surface area contributed by atoms with Crippen molar-refractivity contribution in [1.82, 2.24) is 10.6 Å². The van der Waals surface area contributed by atoms with E-state index in [-0.39, 0.29) is 54.5 Å². The van der Waals surface area contributed by atoms with Gasteiger partial charge in [0.15, 0.2) is 0 Å². The number of carbonyl (C=O) groups is 3. The molecule has 3 saturated heterocycles. The Morgan fingerprint density at radius 1 is 1.09 bits per heavy atom. The second-order valence-corrected chi connectivity index (χ2v) is 12.9. The summed E-state index contributed by atoms with van der Waals surface area (Å²) < 4.78 is 23.2. The molecule has 3 N–H and O–H groups in total. The van der Waals surface area contributed by atoms with Crippen LogP contribution in [0.4, 0.5) is 0 Å². The molecule has 1 aliphatic carbocycles. The Bertz CT molecular complexity index is 1080. The molecule has 1 spiro atoms. The average Bonchev–Trinajstić information content (AvgIpc) is 3.52. The van der Waals surface area contributed by atoms with E-state index in [9.17, 15) is 19.5 Å². The van der Waals surface area contributed by atoms with Crippen LogP contribution in [0.3, 0.4) is 0 Å². The van der Waals surface area contributed by atoms with Crippen LogP contribution in [-0.4, -0.2) is 83.8 Å². The maximum absolute atomic E-state index is 12.6. The van der Waals surface area contributed by atoms with Crippen LogP contribution in [0, 0.1) is 5.92 Å².